The van der Waals surface area contributed by atoms with E-state index in [0.29, 0.717) is 25.1 Å². The summed E-state index contributed by atoms with van der Waals surface area (Å²) in [6.07, 6.45) is 1.26. The van der Waals surface area contributed by atoms with Gasteiger partial charge in [-0.3, -0.25) is 4.79 Å². The standard InChI is InChI=1S/C26H30N2O3/c1-5-20-9-13-22(14-10-20)27-25(29)15-16-28-19(4)23(26(30)31-6-2)17-24(28)21-11-7-18(3)8-12-21/h7-14,17H,5-6,15-16H2,1-4H3,(H,27,29). The third-order valence-corrected chi connectivity index (χ3v) is 5.42. The summed E-state index contributed by atoms with van der Waals surface area (Å²) in [6.45, 7) is 8.61. The van der Waals surface area contributed by atoms with Crippen LogP contribution in [0.1, 0.15) is 47.4 Å². The van der Waals surface area contributed by atoms with Gasteiger partial charge >= 0.3 is 5.97 Å². The van der Waals surface area contributed by atoms with Gasteiger partial charge in [0.15, 0.2) is 0 Å². The second kappa shape index (κ2) is 10.1. The van der Waals surface area contributed by atoms with E-state index in [0.717, 1.165) is 34.6 Å². The molecule has 3 rings (SSSR count). The lowest BCUT2D eigenvalue weighted by atomic mass is 10.1. The van der Waals surface area contributed by atoms with Gasteiger partial charge in [0.25, 0.3) is 0 Å². The molecule has 31 heavy (non-hydrogen) atoms. The number of ether oxygens (including phenoxy) is 1. The minimum absolute atomic E-state index is 0.0649. The molecule has 5 heteroatoms. The van der Waals surface area contributed by atoms with E-state index >= 15 is 0 Å². The van der Waals surface area contributed by atoms with Crippen LogP contribution in [0.5, 0.6) is 0 Å². The molecule has 0 atom stereocenters. The molecule has 0 unspecified atom stereocenters. The zero-order valence-electron chi connectivity index (χ0n) is 18.7. The molecule has 0 bridgehead atoms. The van der Waals surface area contributed by atoms with Crippen LogP contribution in [-0.2, 0) is 22.5 Å². The highest BCUT2D eigenvalue weighted by atomic mass is 16.5. The smallest absolute Gasteiger partial charge is 0.339 e. The van der Waals surface area contributed by atoms with Crippen LogP contribution >= 0.6 is 0 Å². The number of nitrogens with one attached hydrogen (secondary N) is 1. The van der Waals surface area contributed by atoms with Gasteiger partial charge in [0, 0.05) is 30.0 Å². The van der Waals surface area contributed by atoms with Crippen molar-refractivity contribution in [2.45, 2.75) is 47.1 Å². The van der Waals surface area contributed by atoms with Crippen LogP contribution in [0.3, 0.4) is 0 Å². The van der Waals surface area contributed by atoms with E-state index in [-0.39, 0.29) is 11.9 Å². The highest BCUT2D eigenvalue weighted by Crippen LogP contribution is 2.27. The molecule has 5 nitrogen and oxygen atoms in total. The van der Waals surface area contributed by atoms with Gasteiger partial charge in [-0.2, -0.15) is 0 Å². The fourth-order valence-electron chi connectivity index (χ4n) is 3.57. The van der Waals surface area contributed by atoms with Crippen LogP contribution in [-0.4, -0.2) is 23.1 Å². The fourth-order valence-corrected chi connectivity index (χ4v) is 3.57. The molecule has 0 saturated carbocycles. The predicted octanol–water partition coefficient (Wildman–Crippen LogP) is 5.54. The van der Waals surface area contributed by atoms with E-state index in [9.17, 15) is 9.59 Å². The van der Waals surface area contributed by atoms with Gasteiger partial charge in [-0.15, -0.1) is 0 Å². The van der Waals surface area contributed by atoms with Crippen LogP contribution in [0.25, 0.3) is 11.3 Å². The Balaban J connectivity index is 1.81. The van der Waals surface area contributed by atoms with Gasteiger partial charge in [0.1, 0.15) is 0 Å². The fraction of sp³-hybridized carbons (Fsp3) is 0.308. The maximum atomic E-state index is 12.6. The van der Waals surface area contributed by atoms with Crippen LogP contribution in [0.4, 0.5) is 5.69 Å². The van der Waals surface area contributed by atoms with E-state index in [4.69, 9.17) is 4.74 Å². The number of amides is 1. The summed E-state index contributed by atoms with van der Waals surface area (Å²) in [4.78, 5) is 25.0. The monoisotopic (exact) mass is 418 g/mol. The summed E-state index contributed by atoms with van der Waals surface area (Å²) in [7, 11) is 0. The van der Waals surface area contributed by atoms with Crippen LogP contribution in [0, 0.1) is 13.8 Å². The van der Waals surface area contributed by atoms with Crippen molar-refractivity contribution in [1.29, 1.82) is 0 Å². The van der Waals surface area contributed by atoms with Gasteiger partial charge in [0.05, 0.1) is 12.2 Å². The van der Waals surface area contributed by atoms with Gasteiger partial charge in [-0.25, -0.2) is 4.79 Å². The third-order valence-electron chi connectivity index (χ3n) is 5.42. The average Bonchev–Trinajstić information content (AvgIpc) is 3.10. The summed E-state index contributed by atoms with van der Waals surface area (Å²) >= 11 is 0. The van der Waals surface area contributed by atoms with E-state index in [2.05, 4.69) is 12.2 Å². The summed E-state index contributed by atoms with van der Waals surface area (Å²) in [5, 5.41) is 2.96. The van der Waals surface area contributed by atoms with E-state index in [1.165, 1.54) is 5.56 Å². The lowest BCUT2D eigenvalue weighted by Crippen LogP contribution is -2.16. The molecule has 0 aliphatic heterocycles. The molecule has 0 aliphatic rings. The highest BCUT2D eigenvalue weighted by Gasteiger charge is 2.20. The zero-order valence-corrected chi connectivity index (χ0v) is 18.7. The number of rotatable bonds is 8. The lowest BCUT2D eigenvalue weighted by Gasteiger charge is -2.13. The molecule has 1 heterocycles. The number of esters is 1. The first kappa shape index (κ1) is 22.3. The second-order valence-electron chi connectivity index (χ2n) is 7.62. The molecule has 1 N–H and O–H groups in total. The van der Waals surface area contributed by atoms with Crippen LogP contribution < -0.4 is 5.32 Å². The first-order chi connectivity index (χ1) is 14.9. The lowest BCUT2D eigenvalue weighted by molar-refractivity contribution is -0.116. The molecule has 3 aromatic rings. The Hall–Kier alpha value is -3.34. The number of aromatic nitrogens is 1. The maximum absolute atomic E-state index is 12.6. The Kier molecular flexibility index (Phi) is 7.29. The van der Waals surface area contributed by atoms with E-state index in [1.807, 2.05) is 73.0 Å². The normalized spacial score (nSPS) is 10.7. The largest absolute Gasteiger partial charge is 0.462 e. The quantitative estimate of drug-likeness (QED) is 0.489. The van der Waals surface area contributed by atoms with Gasteiger partial charge in [0.2, 0.25) is 5.91 Å². The number of nitrogens with zero attached hydrogens (tertiary/aromatic N) is 1. The molecule has 0 saturated heterocycles. The predicted molar refractivity (Wildman–Crippen MR) is 124 cm³/mol. The van der Waals surface area contributed by atoms with Crippen molar-refractivity contribution in [3.63, 3.8) is 0 Å². The van der Waals surface area contributed by atoms with E-state index < -0.39 is 0 Å². The van der Waals surface area contributed by atoms with Crippen molar-refractivity contribution < 1.29 is 14.3 Å². The number of anilines is 1. The maximum Gasteiger partial charge on any atom is 0.339 e. The first-order valence-corrected chi connectivity index (χ1v) is 10.8. The Labute approximate surface area is 184 Å². The topological polar surface area (TPSA) is 60.3 Å². The SMILES string of the molecule is CCOC(=O)c1cc(-c2ccc(C)cc2)n(CCC(=O)Nc2ccc(CC)cc2)c1C. The van der Waals surface area contributed by atoms with Gasteiger partial charge < -0.3 is 14.6 Å². The number of carbonyl (C=O) groups excluding carboxylic acids is 2. The number of hydrogen-bond donors (Lipinski definition) is 1. The van der Waals surface area contributed by atoms with Crippen LogP contribution in [0.2, 0.25) is 0 Å². The Morgan fingerprint density at radius 2 is 1.65 bits per heavy atom. The molecular formula is C26H30N2O3. The minimum atomic E-state index is -0.340. The van der Waals surface area contributed by atoms with Crippen LogP contribution in [0.15, 0.2) is 54.6 Å². The molecule has 0 aliphatic carbocycles. The van der Waals surface area contributed by atoms with Crippen molar-refractivity contribution in [1.82, 2.24) is 4.57 Å². The Morgan fingerprint density at radius 3 is 2.26 bits per heavy atom. The van der Waals surface area contributed by atoms with Crippen molar-refractivity contribution in [2.24, 2.45) is 0 Å². The van der Waals surface area contributed by atoms with Crippen molar-refractivity contribution in [3.8, 4) is 11.3 Å². The first-order valence-electron chi connectivity index (χ1n) is 10.8. The average molecular weight is 419 g/mol. The number of benzene rings is 2. The minimum Gasteiger partial charge on any atom is -0.462 e. The Morgan fingerprint density at radius 1 is 0.968 bits per heavy atom. The van der Waals surface area contributed by atoms with Gasteiger partial charge in [-0.05, 0) is 56.5 Å². The molecule has 0 radical (unpaired) electrons. The molecule has 0 fully saturated rings. The van der Waals surface area contributed by atoms with Crippen molar-refractivity contribution in [2.75, 3.05) is 11.9 Å². The second-order valence-corrected chi connectivity index (χ2v) is 7.62. The third kappa shape index (κ3) is 5.43. The summed E-state index contributed by atoms with van der Waals surface area (Å²) in [6, 6.07) is 17.9. The number of carbonyl (C=O) groups is 2. The number of hydrogen-bond acceptors (Lipinski definition) is 3. The summed E-state index contributed by atoms with van der Waals surface area (Å²) < 4.78 is 7.25. The Bertz CT molecular complexity index is 1050. The molecule has 2 aromatic carbocycles. The van der Waals surface area contributed by atoms with Crippen molar-refractivity contribution >= 4 is 17.6 Å². The highest BCUT2D eigenvalue weighted by molar-refractivity contribution is 5.93. The van der Waals surface area contributed by atoms with E-state index in [1.54, 1.807) is 6.92 Å². The molecular weight excluding hydrogens is 388 g/mol. The molecule has 1 aromatic heterocycles. The van der Waals surface area contributed by atoms with Crippen molar-refractivity contribution in [3.05, 3.63) is 77.0 Å². The summed E-state index contributed by atoms with van der Waals surface area (Å²) in [5.41, 5.74) is 6.42. The molecule has 162 valence electrons. The molecule has 1 amide bonds. The summed E-state index contributed by atoms with van der Waals surface area (Å²) in [5.74, 6) is -0.405. The molecule has 0 spiro atoms. The number of aryl methyl sites for hydroxylation is 2. The zero-order chi connectivity index (χ0) is 22.4. The van der Waals surface area contributed by atoms with Gasteiger partial charge in [-0.1, -0.05) is 48.9 Å².